The molecule has 0 aliphatic heterocycles. The standard InChI is InChI=1S/C14H16N2O4/c17-11-5-1-3-9(7-11)12(14(19)20)16-13(18)10-4-2-6-15-8-10/h2,4,6,8-9,12H,1,3,5,7H2,(H,16,18)(H,19,20)/t9-,12-/m0/s1. The van der Waals surface area contributed by atoms with Crippen molar-refractivity contribution < 1.29 is 19.5 Å². The first-order valence-electron chi connectivity index (χ1n) is 6.53. The van der Waals surface area contributed by atoms with Crippen LogP contribution >= 0.6 is 0 Å². The molecule has 0 bridgehead atoms. The summed E-state index contributed by atoms with van der Waals surface area (Å²) in [5, 5.41) is 11.8. The van der Waals surface area contributed by atoms with Crippen molar-refractivity contribution in [2.45, 2.75) is 31.7 Å². The smallest absolute Gasteiger partial charge is 0.326 e. The molecule has 1 saturated carbocycles. The molecule has 0 aromatic carbocycles. The average molecular weight is 276 g/mol. The highest BCUT2D eigenvalue weighted by atomic mass is 16.4. The van der Waals surface area contributed by atoms with Gasteiger partial charge in [0.05, 0.1) is 5.56 Å². The number of aliphatic carboxylic acids is 1. The number of pyridine rings is 1. The second-order valence-corrected chi connectivity index (χ2v) is 4.93. The molecular formula is C14H16N2O4. The minimum Gasteiger partial charge on any atom is -0.480 e. The maximum atomic E-state index is 12.0. The van der Waals surface area contributed by atoms with E-state index in [1.807, 2.05) is 0 Å². The minimum absolute atomic E-state index is 0.0585. The van der Waals surface area contributed by atoms with E-state index in [2.05, 4.69) is 10.3 Å². The number of rotatable bonds is 4. The van der Waals surface area contributed by atoms with Crippen molar-refractivity contribution >= 4 is 17.7 Å². The molecule has 1 heterocycles. The van der Waals surface area contributed by atoms with Crippen LogP contribution in [0, 0.1) is 5.92 Å². The highest BCUT2D eigenvalue weighted by molar-refractivity contribution is 5.96. The Morgan fingerprint density at radius 3 is 2.85 bits per heavy atom. The molecule has 1 fully saturated rings. The number of amides is 1. The van der Waals surface area contributed by atoms with Crippen LogP contribution in [0.4, 0.5) is 0 Å². The van der Waals surface area contributed by atoms with Crippen molar-refractivity contribution in [2.75, 3.05) is 0 Å². The van der Waals surface area contributed by atoms with E-state index in [1.54, 1.807) is 12.1 Å². The lowest BCUT2D eigenvalue weighted by atomic mass is 9.83. The predicted molar refractivity (Wildman–Crippen MR) is 70.1 cm³/mol. The van der Waals surface area contributed by atoms with Crippen molar-refractivity contribution in [3.63, 3.8) is 0 Å². The van der Waals surface area contributed by atoms with Gasteiger partial charge in [0.15, 0.2) is 0 Å². The molecule has 1 amide bonds. The molecule has 1 aromatic rings. The van der Waals surface area contributed by atoms with Crippen LogP contribution in [0.15, 0.2) is 24.5 Å². The van der Waals surface area contributed by atoms with E-state index in [1.165, 1.54) is 12.4 Å². The number of Topliss-reactive ketones (excluding diaryl/α,β-unsaturated/α-hetero) is 1. The summed E-state index contributed by atoms with van der Waals surface area (Å²) in [5.41, 5.74) is 0.306. The molecule has 20 heavy (non-hydrogen) atoms. The summed E-state index contributed by atoms with van der Waals surface area (Å²) in [6.45, 7) is 0. The number of ketones is 1. The van der Waals surface area contributed by atoms with Crippen LogP contribution in [0.5, 0.6) is 0 Å². The lowest BCUT2D eigenvalue weighted by molar-refractivity contribution is -0.141. The third-order valence-corrected chi connectivity index (χ3v) is 3.47. The van der Waals surface area contributed by atoms with Gasteiger partial charge in [-0.25, -0.2) is 4.79 Å². The van der Waals surface area contributed by atoms with Crippen molar-refractivity contribution in [3.05, 3.63) is 30.1 Å². The van der Waals surface area contributed by atoms with Crippen molar-refractivity contribution in [1.29, 1.82) is 0 Å². The van der Waals surface area contributed by atoms with Crippen LogP contribution < -0.4 is 5.32 Å². The van der Waals surface area contributed by atoms with Gasteiger partial charge in [-0.1, -0.05) is 0 Å². The second-order valence-electron chi connectivity index (χ2n) is 4.93. The Morgan fingerprint density at radius 1 is 1.45 bits per heavy atom. The molecular weight excluding hydrogens is 260 g/mol. The van der Waals surface area contributed by atoms with Crippen LogP contribution in [-0.2, 0) is 9.59 Å². The number of carbonyl (C=O) groups excluding carboxylic acids is 2. The molecule has 0 unspecified atom stereocenters. The Kier molecular flexibility index (Phi) is 4.45. The number of carboxylic acid groups (broad SMARTS) is 1. The molecule has 6 heteroatoms. The predicted octanol–water partition coefficient (Wildman–Crippen LogP) is 1.02. The summed E-state index contributed by atoms with van der Waals surface area (Å²) in [6.07, 6.45) is 4.93. The van der Waals surface area contributed by atoms with Crippen LogP contribution in [0.1, 0.15) is 36.0 Å². The zero-order valence-electron chi connectivity index (χ0n) is 10.9. The molecule has 2 rings (SSSR count). The van der Waals surface area contributed by atoms with Gasteiger partial charge < -0.3 is 10.4 Å². The summed E-state index contributed by atoms with van der Waals surface area (Å²) in [7, 11) is 0. The van der Waals surface area contributed by atoms with Crippen LogP contribution in [-0.4, -0.2) is 33.8 Å². The maximum absolute atomic E-state index is 12.0. The van der Waals surface area contributed by atoms with Gasteiger partial charge in [-0.05, 0) is 30.9 Å². The number of carboxylic acids is 1. The number of hydrogen-bond donors (Lipinski definition) is 2. The van der Waals surface area contributed by atoms with Crippen molar-refractivity contribution in [2.24, 2.45) is 5.92 Å². The Hall–Kier alpha value is -2.24. The Balaban J connectivity index is 2.08. The second kappa shape index (κ2) is 6.27. The molecule has 6 nitrogen and oxygen atoms in total. The summed E-state index contributed by atoms with van der Waals surface area (Å²) in [4.78, 5) is 38.6. The van der Waals surface area contributed by atoms with E-state index in [-0.39, 0.29) is 18.1 Å². The Labute approximate surface area is 116 Å². The van der Waals surface area contributed by atoms with E-state index in [9.17, 15) is 19.5 Å². The summed E-state index contributed by atoms with van der Waals surface area (Å²) in [5.74, 6) is -1.87. The van der Waals surface area contributed by atoms with Crippen molar-refractivity contribution in [1.82, 2.24) is 10.3 Å². The summed E-state index contributed by atoms with van der Waals surface area (Å²) < 4.78 is 0. The first-order chi connectivity index (χ1) is 9.58. The molecule has 0 radical (unpaired) electrons. The highest BCUT2D eigenvalue weighted by Gasteiger charge is 2.33. The van der Waals surface area contributed by atoms with E-state index in [0.29, 0.717) is 24.8 Å². The Morgan fingerprint density at radius 2 is 2.25 bits per heavy atom. The molecule has 1 aliphatic carbocycles. The third-order valence-electron chi connectivity index (χ3n) is 3.47. The van der Waals surface area contributed by atoms with E-state index < -0.39 is 17.9 Å². The number of nitrogens with zero attached hydrogens (tertiary/aromatic N) is 1. The zero-order chi connectivity index (χ0) is 14.5. The van der Waals surface area contributed by atoms with E-state index in [0.717, 1.165) is 0 Å². The minimum atomic E-state index is -1.11. The zero-order valence-corrected chi connectivity index (χ0v) is 10.9. The largest absolute Gasteiger partial charge is 0.480 e. The topological polar surface area (TPSA) is 96.4 Å². The fourth-order valence-electron chi connectivity index (χ4n) is 2.45. The number of nitrogens with one attached hydrogen (secondary N) is 1. The van der Waals surface area contributed by atoms with Gasteiger partial charge in [-0.2, -0.15) is 0 Å². The number of carbonyl (C=O) groups is 3. The molecule has 0 saturated heterocycles. The molecule has 1 aromatic heterocycles. The molecule has 2 atom stereocenters. The molecule has 1 aliphatic rings. The SMILES string of the molecule is O=C1CCC[C@H]([C@H](NC(=O)c2cccnc2)C(=O)O)C1. The van der Waals surface area contributed by atoms with Crippen LogP contribution in [0.3, 0.4) is 0 Å². The van der Waals surface area contributed by atoms with Gasteiger partial charge >= 0.3 is 5.97 Å². The van der Waals surface area contributed by atoms with Gasteiger partial charge in [0.25, 0.3) is 5.91 Å². The van der Waals surface area contributed by atoms with Crippen LogP contribution in [0.25, 0.3) is 0 Å². The van der Waals surface area contributed by atoms with Gasteiger partial charge in [-0.3, -0.25) is 14.6 Å². The summed E-state index contributed by atoms with van der Waals surface area (Å²) in [6, 6.07) is 2.13. The molecule has 2 N–H and O–H groups in total. The fraction of sp³-hybridized carbons (Fsp3) is 0.429. The number of hydrogen-bond acceptors (Lipinski definition) is 4. The quantitative estimate of drug-likeness (QED) is 0.856. The van der Waals surface area contributed by atoms with Gasteiger partial charge in [0.1, 0.15) is 11.8 Å². The normalized spacial score (nSPS) is 20.2. The fourth-order valence-corrected chi connectivity index (χ4v) is 2.45. The molecule has 0 spiro atoms. The van der Waals surface area contributed by atoms with Crippen molar-refractivity contribution in [3.8, 4) is 0 Å². The first kappa shape index (κ1) is 14.2. The maximum Gasteiger partial charge on any atom is 0.326 e. The van der Waals surface area contributed by atoms with Gasteiger partial charge in [0, 0.05) is 25.2 Å². The van der Waals surface area contributed by atoms with Gasteiger partial charge in [-0.15, -0.1) is 0 Å². The lowest BCUT2D eigenvalue weighted by Gasteiger charge is -2.27. The number of aromatic nitrogens is 1. The van der Waals surface area contributed by atoms with Crippen LogP contribution in [0.2, 0.25) is 0 Å². The highest BCUT2D eigenvalue weighted by Crippen LogP contribution is 2.24. The lowest BCUT2D eigenvalue weighted by Crippen LogP contribution is -2.47. The molecule has 106 valence electrons. The monoisotopic (exact) mass is 276 g/mol. The van der Waals surface area contributed by atoms with Gasteiger partial charge in [0.2, 0.25) is 0 Å². The Bertz CT molecular complexity index is 515. The average Bonchev–Trinajstić information content (AvgIpc) is 2.45. The van der Waals surface area contributed by atoms with E-state index in [4.69, 9.17) is 0 Å². The van der Waals surface area contributed by atoms with E-state index >= 15 is 0 Å². The third kappa shape index (κ3) is 3.40. The first-order valence-corrected chi connectivity index (χ1v) is 6.53. The summed E-state index contributed by atoms with van der Waals surface area (Å²) >= 11 is 0.